The number of ether oxygens (including phenoxy) is 2. The monoisotopic (exact) mass is 365 g/mol. The number of methoxy groups -OCH3 is 1. The molecule has 24 heavy (non-hydrogen) atoms. The third-order valence-electron chi connectivity index (χ3n) is 3.10. The minimum atomic E-state index is -0.305. The Morgan fingerprint density at radius 1 is 1.25 bits per heavy atom. The van der Waals surface area contributed by atoms with Gasteiger partial charge in [-0.15, -0.1) is 0 Å². The highest BCUT2D eigenvalue weighted by Gasteiger charge is 2.09. The fourth-order valence-corrected chi connectivity index (χ4v) is 2.70. The quantitative estimate of drug-likeness (QED) is 0.728. The maximum atomic E-state index is 12.2. The van der Waals surface area contributed by atoms with Crippen molar-refractivity contribution in [3.05, 3.63) is 58.1 Å². The minimum absolute atomic E-state index is 0.305. The third kappa shape index (κ3) is 4.66. The molecule has 0 aliphatic carbocycles. The second-order valence-corrected chi connectivity index (χ2v) is 5.61. The lowest BCUT2D eigenvalue weighted by Gasteiger charge is -2.10. The van der Waals surface area contributed by atoms with Gasteiger partial charge in [0.2, 0.25) is 5.91 Å². The van der Waals surface area contributed by atoms with Crippen molar-refractivity contribution in [3.8, 4) is 11.5 Å². The Morgan fingerprint density at radius 3 is 2.71 bits per heavy atom. The summed E-state index contributed by atoms with van der Waals surface area (Å²) in [6.07, 6.45) is 2.97. The van der Waals surface area contributed by atoms with E-state index in [2.05, 4.69) is 5.32 Å². The molecule has 0 spiro atoms. The zero-order valence-corrected chi connectivity index (χ0v) is 14.8. The lowest BCUT2D eigenvalue weighted by molar-refractivity contribution is -0.111. The first-order valence-corrected chi connectivity index (χ1v) is 8.04. The Labute approximate surface area is 151 Å². The first-order valence-electron chi connectivity index (χ1n) is 7.29. The normalized spacial score (nSPS) is 10.7. The highest BCUT2D eigenvalue weighted by Crippen LogP contribution is 2.33. The number of benzene rings is 2. The summed E-state index contributed by atoms with van der Waals surface area (Å²) in [6, 6.07) is 10.5. The Kier molecular flexibility index (Phi) is 6.53. The lowest BCUT2D eigenvalue weighted by atomic mass is 10.2. The van der Waals surface area contributed by atoms with Crippen LogP contribution in [0.2, 0.25) is 10.0 Å². The Morgan fingerprint density at radius 2 is 2.00 bits per heavy atom. The summed E-state index contributed by atoms with van der Waals surface area (Å²) in [5.74, 6) is 0.769. The van der Waals surface area contributed by atoms with Gasteiger partial charge >= 0.3 is 0 Å². The Balaban J connectivity index is 2.17. The molecule has 0 aliphatic heterocycles. The third-order valence-corrected chi connectivity index (χ3v) is 3.60. The highest BCUT2D eigenvalue weighted by atomic mass is 35.5. The molecule has 0 unspecified atom stereocenters. The van der Waals surface area contributed by atoms with Gasteiger partial charge in [0.15, 0.2) is 0 Å². The summed E-state index contributed by atoms with van der Waals surface area (Å²) in [5, 5.41) is 3.62. The second-order valence-electron chi connectivity index (χ2n) is 4.76. The van der Waals surface area contributed by atoms with E-state index in [1.807, 2.05) is 19.1 Å². The van der Waals surface area contributed by atoms with E-state index in [4.69, 9.17) is 32.7 Å². The zero-order valence-electron chi connectivity index (χ0n) is 13.3. The van der Waals surface area contributed by atoms with Crippen LogP contribution in [0.15, 0.2) is 42.5 Å². The molecule has 0 heterocycles. The first kappa shape index (κ1) is 18.2. The predicted octanol–water partition coefficient (Wildman–Crippen LogP) is 5.05. The fourth-order valence-electron chi connectivity index (χ4n) is 2.11. The summed E-state index contributed by atoms with van der Waals surface area (Å²) in [7, 11) is 1.50. The standard InChI is InChI=1S/C18H17Cl2NO3/c1-3-24-16-7-5-4-6-15(16)21-17(22)9-8-12-10-13(19)11-14(20)18(12)23-2/h4-11H,3H2,1-2H3,(H,21,22)/b9-8+. The van der Waals surface area contributed by atoms with Crippen molar-refractivity contribution >= 4 is 40.9 Å². The topological polar surface area (TPSA) is 47.6 Å². The van der Waals surface area contributed by atoms with Crippen LogP contribution in [-0.2, 0) is 4.79 Å². The number of rotatable bonds is 6. The molecule has 0 radical (unpaired) electrons. The van der Waals surface area contributed by atoms with Gasteiger partial charge in [0.05, 0.1) is 24.4 Å². The zero-order chi connectivity index (χ0) is 17.5. The summed E-state index contributed by atoms with van der Waals surface area (Å²) in [5.41, 5.74) is 1.22. The average Bonchev–Trinajstić information content (AvgIpc) is 2.54. The number of carbonyl (C=O) groups excluding carboxylic acids is 1. The number of nitrogens with one attached hydrogen (secondary N) is 1. The molecule has 1 amide bonds. The van der Waals surface area contributed by atoms with Gasteiger partial charge in [0.1, 0.15) is 11.5 Å². The van der Waals surface area contributed by atoms with E-state index >= 15 is 0 Å². The molecule has 0 saturated heterocycles. The van der Waals surface area contributed by atoms with Gasteiger partial charge in [-0.3, -0.25) is 4.79 Å². The van der Waals surface area contributed by atoms with Gasteiger partial charge in [0.25, 0.3) is 0 Å². The van der Waals surface area contributed by atoms with E-state index in [9.17, 15) is 4.79 Å². The van der Waals surface area contributed by atoms with E-state index in [-0.39, 0.29) is 5.91 Å². The van der Waals surface area contributed by atoms with Crippen LogP contribution in [0.5, 0.6) is 11.5 Å². The Bertz CT molecular complexity index is 760. The number of halogens is 2. The molecule has 126 valence electrons. The van der Waals surface area contributed by atoms with Gasteiger partial charge in [-0.1, -0.05) is 35.3 Å². The van der Waals surface area contributed by atoms with E-state index in [1.165, 1.54) is 13.2 Å². The largest absolute Gasteiger partial charge is 0.495 e. The van der Waals surface area contributed by atoms with Crippen molar-refractivity contribution in [2.24, 2.45) is 0 Å². The molecular formula is C18H17Cl2NO3. The van der Waals surface area contributed by atoms with Crippen LogP contribution < -0.4 is 14.8 Å². The molecule has 0 fully saturated rings. The molecule has 2 rings (SSSR count). The summed E-state index contributed by atoms with van der Waals surface area (Å²) in [4.78, 5) is 12.2. The van der Waals surface area contributed by atoms with Crippen LogP contribution in [0.1, 0.15) is 12.5 Å². The number of hydrogen-bond acceptors (Lipinski definition) is 3. The average molecular weight is 366 g/mol. The second kappa shape index (κ2) is 8.62. The molecule has 0 atom stereocenters. The van der Waals surface area contributed by atoms with Crippen molar-refractivity contribution in [2.75, 3.05) is 19.0 Å². The number of anilines is 1. The van der Waals surface area contributed by atoms with Crippen molar-refractivity contribution in [1.29, 1.82) is 0 Å². The molecule has 0 aliphatic rings. The molecule has 0 aromatic heterocycles. The number of amides is 1. The van der Waals surface area contributed by atoms with E-state index in [0.29, 0.717) is 39.4 Å². The first-order chi connectivity index (χ1) is 11.5. The maximum Gasteiger partial charge on any atom is 0.248 e. The van der Waals surface area contributed by atoms with Crippen LogP contribution in [0, 0.1) is 0 Å². The maximum absolute atomic E-state index is 12.2. The van der Waals surface area contributed by atoms with Gasteiger partial charge in [-0.25, -0.2) is 0 Å². The molecule has 6 heteroatoms. The molecule has 4 nitrogen and oxygen atoms in total. The van der Waals surface area contributed by atoms with E-state index in [0.717, 1.165) is 0 Å². The minimum Gasteiger partial charge on any atom is -0.495 e. The van der Waals surface area contributed by atoms with Crippen LogP contribution in [0.4, 0.5) is 5.69 Å². The lowest BCUT2D eigenvalue weighted by Crippen LogP contribution is -2.09. The summed E-state index contributed by atoms with van der Waals surface area (Å²) >= 11 is 12.1. The van der Waals surface area contributed by atoms with Crippen molar-refractivity contribution in [3.63, 3.8) is 0 Å². The molecular weight excluding hydrogens is 349 g/mol. The smallest absolute Gasteiger partial charge is 0.248 e. The molecule has 0 saturated carbocycles. The summed E-state index contributed by atoms with van der Waals surface area (Å²) in [6.45, 7) is 2.40. The highest BCUT2D eigenvalue weighted by molar-refractivity contribution is 6.36. The van der Waals surface area contributed by atoms with Gasteiger partial charge < -0.3 is 14.8 Å². The SMILES string of the molecule is CCOc1ccccc1NC(=O)/C=C/c1cc(Cl)cc(Cl)c1OC. The van der Waals surface area contributed by atoms with Gasteiger partial charge in [-0.2, -0.15) is 0 Å². The molecule has 0 bridgehead atoms. The van der Waals surface area contributed by atoms with Crippen LogP contribution in [-0.4, -0.2) is 19.6 Å². The van der Waals surface area contributed by atoms with Crippen LogP contribution in [0.25, 0.3) is 6.08 Å². The number of carbonyl (C=O) groups is 1. The van der Waals surface area contributed by atoms with Crippen molar-refractivity contribution in [2.45, 2.75) is 6.92 Å². The van der Waals surface area contributed by atoms with E-state index < -0.39 is 0 Å². The van der Waals surface area contributed by atoms with Crippen LogP contribution in [0.3, 0.4) is 0 Å². The summed E-state index contributed by atoms with van der Waals surface area (Å²) < 4.78 is 10.7. The molecule has 2 aromatic carbocycles. The Hall–Kier alpha value is -2.17. The van der Waals surface area contributed by atoms with E-state index in [1.54, 1.807) is 30.3 Å². The van der Waals surface area contributed by atoms with Crippen LogP contribution >= 0.6 is 23.2 Å². The predicted molar refractivity (Wildman–Crippen MR) is 98.3 cm³/mol. The molecule has 2 aromatic rings. The van der Waals surface area contributed by atoms with Gasteiger partial charge in [-0.05, 0) is 37.3 Å². The number of para-hydroxylation sites is 2. The fraction of sp³-hybridized carbons (Fsp3) is 0.167. The number of hydrogen-bond donors (Lipinski definition) is 1. The molecule has 1 N–H and O–H groups in total. The van der Waals surface area contributed by atoms with Crippen molar-refractivity contribution < 1.29 is 14.3 Å². The van der Waals surface area contributed by atoms with Gasteiger partial charge in [0, 0.05) is 16.7 Å². The van der Waals surface area contributed by atoms with Crippen molar-refractivity contribution in [1.82, 2.24) is 0 Å².